The lowest BCUT2D eigenvalue weighted by Gasteiger charge is -2.18. The van der Waals surface area contributed by atoms with Crippen LogP contribution in [0.5, 0.6) is 5.75 Å². The summed E-state index contributed by atoms with van der Waals surface area (Å²) < 4.78 is 23.3. The van der Waals surface area contributed by atoms with Gasteiger partial charge in [0, 0.05) is 0 Å². The molecule has 2 rings (SSSR count). The SMILES string of the molecule is C[C@H](OC(=O)[C@@H](C)Oc1ccc(F)cc1)C(=O)Nc1c(Cl)cccc1Cl. The normalized spacial score (nSPS) is 12.8. The first-order valence-electron chi connectivity index (χ1n) is 7.65. The van der Waals surface area contributed by atoms with E-state index in [1.807, 2.05) is 0 Å². The van der Waals surface area contributed by atoms with Gasteiger partial charge < -0.3 is 14.8 Å². The highest BCUT2D eigenvalue weighted by Gasteiger charge is 2.24. The number of ether oxygens (including phenoxy) is 2. The fraction of sp³-hybridized carbons (Fsp3) is 0.222. The highest BCUT2D eigenvalue weighted by molar-refractivity contribution is 6.39. The quantitative estimate of drug-likeness (QED) is 0.727. The number of para-hydroxylation sites is 1. The number of halogens is 3. The molecule has 5 nitrogen and oxygen atoms in total. The van der Waals surface area contributed by atoms with Crippen molar-refractivity contribution < 1.29 is 23.5 Å². The molecular weight excluding hydrogens is 384 g/mol. The van der Waals surface area contributed by atoms with E-state index in [9.17, 15) is 14.0 Å². The van der Waals surface area contributed by atoms with Crippen LogP contribution in [-0.4, -0.2) is 24.1 Å². The Hall–Kier alpha value is -2.31. The van der Waals surface area contributed by atoms with Crippen molar-refractivity contribution in [3.63, 3.8) is 0 Å². The van der Waals surface area contributed by atoms with Crippen LogP contribution in [0.15, 0.2) is 42.5 Å². The molecule has 0 spiro atoms. The molecule has 0 aliphatic carbocycles. The maximum atomic E-state index is 12.9. The monoisotopic (exact) mass is 399 g/mol. The Morgan fingerprint density at radius 3 is 2.15 bits per heavy atom. The third-order valence-corrected chi connectivity index (χ3v) is 3.96. The van der Waals surface area contributed by atoms with Crippen molar-refractivity contribution in [2.24, 2.45) is 0 Å². The number of carbonyl (C=O) groups is 2. The molecule has 0 unspecified atom stereocenters. The first kappa shape index (κ1) is 20.0. The number of nitrogens with one attached hydrogen (secondary N) is 1. The molecule has 0 saturated heterocycles. The lowest BCUT2D eigenvalue weighted by molar-refractivity contribution is -0.159. The molecule has 2 aromatic rings. The van der Waals surface area contributed by atoms with Crippen molar-refractivity contribution in [3.05, 3.63) is 58.3 Å². The van der Waals surface area contributed by atoms with E-state index >= 15 is 0 Å². The van der Waals surface area contributed by atoms with Crippen LogP contribution in [0.4, 0.5) is 10.1 Å². The molecule has 138 valence electrons. The molecule has 1 N–H and O–H groups in total. The fourth-order valence-corrected chi connectivity index (χ4v) is 2.42. The molecule has 2 atom stereocenters. The fourth-order valence-electron chi connectivity index (χ4n) is 1.93. The maximum Gasteiger partial charge on any atom is 0.347 e. The average molecular weight is 400 g/mol. The van der Waals surface area contributed by atoms with Crippen molar-refractivity contribution in [3.8, 4) is 5.75 Å². The van der Waals surface area contributed by atoms with Crippen LogP contribution >= 0.6 is 23.2 Å². The topological polar surface area (TPSA) is 64.6 Å². The molecule has 1 amide bonds. The minimum absolute atomic E-state index is 0.236. The van der Waals surface area contributed by atoms with Gasteiger partial charge in [0.1, 0.15) is 11.6 Å². The first-order chi connectivity index (χ1) is 12.3. The van der Waals surface area contributed by atoms with Gasteiger partial charge in [0.15, 0.2) is 12.2 Å². The van der Waals surface area contributed by atoms with Gasteiger partial charge >= 0.3 is 5.97 Å². The number of hydrogen-bond donors (Lipinski definition) is 1. The van der Waals surface area contributed by atoms with E-state index < -0.39 is 29.9 Å². The van der Waals surface area contributed by atoms with Crippen LogP contribution in [0, 0.1) is 5.82 Å². The Balaban J connectivity index is 1.93. The van der Waals surface area contributed by atoms with E-state index in [1.165, 1.54) is 38.1 Å². The van der Waals surface area contributed by atoms with Crippen molar-refractivity contribution in [1.29, 1.82) is 0 Å². The molecule has 0 fully saturated rings. The third-order valence-electron chi connectivity index (χ3n) is 3.33. The minimum atomic E-state index is -1.10. The predicted octanol–water partition coefficient (Wildman–Crippen LogP) is 4.47. The van der Waals surface area contributed by atoms with E-state index in [4.69, 9.17) is 32.7 Å². The highest BCUT2D eigenvalue weighted by atomic mass is 35.5. The van der Waals surface area contributed by atoms with Crippen LogP contribution in [0.2, 0.25) is 10.0 Å². The smallest absolute Gasteiger partial charge is 0.347 e. The Labute approximate surface area is 160 Å². The summed E-state index contributed by atoms with van der Waals surface area (Å²) >= 11 is 12.0. The molecule has 0 radical (unpaired) electrons. The predicted molar refractivity (Wildman–Crippen MR) is 97.1 cm³/mol. The molecule has 0 heterocycles. The number of benzene rings is 2. The van der Waals surface area contributed by atoms with Gasteiger partial charge in [-0.05, 0) is 50.2 Å². The minimum Gasteiger partial charge on any atom is -0.479 e. The van der Waals surface area contributed by atoms with Crippen molar-refractivity contribution in [1.82, 2.24) is 0 Å². The summed E-state index contributed by atoms with van der Waals surface area (Å²) in [7, 11) is 0. The Kier molecular flexibility index (Phi) is 6.83. The summed E-state index contributed by atoms with van der Waals surface area (Å²) in [6, 6.07) is 9.95. The second-order valence-electron chi connectivity index (χ2n) is 5.38. The van der Waals surface area contributed by atoms with E-state index in [2.05, 4.69) is 5.32 Å². The average Bonchev–Trinajstić information content (AvgIpc) is 2.59. The Morgan fingerprint density at radius 1 is 1.00 bits per heavy atom. The van der Waals surface area contributed by atoms with Crippen LogP contribution in [-0.2, 0) is 14.3 Å². The van der Waals surface area contributed by atoms with Crippen LogP contribution < -0.4 is 10.1 Å². The summed E-state index contributed by atoms with van der Waals surface area (Å²) in [6.07, 6.45) is -2.09. The van der Waals surface area contributed by atoms with Crippen molar-refractivity contribution in [2.75, 3.05) is 5.32 Å². The summed E-state index contributed by atoms with van der Waals surface area (Å²) in [6.45, 7) is 2.86. The van der Waals surface area contributed by atoms with Crippen LogP contribution in [0.25, 0.3) is 0 Å². The van der Waals surface area contributed by atoms with Crippen molar-refractivity contribution >= 4 is 40.8 Å². The number of amides is 1. The molecular formula is C18H16Cl2FNO4. The van der Waals surface area contributed by atoms with E-state index in [1.54, 1.807) is 18.2 Å². The largest absolute Gasteiger partial charge is 0.479 e. The Bertz CT molecular complexity index is 778. The molecule has 0 aromatic heterocycles. The van der Waals surface area contributed by atoms with Crippen LogP contribution in [0.3, 0.4) is 0 Å². The number of esters is 1. The number of rotatable bonds is 6. The molecule has 2 aromatic carbocycles. The second-order valence-corrected chi connectivity index (χ2v) is 6.19. The van der Waals surface area contributed by atoms with E-state index in [-0.39, 0.29) is 15.7 Å². The van der Waals surface area contributed by atoms with Gasteiger partial charge in [0.05, 0.1) is 15.7 Å². The zero-order valence-electron chi connectivity index (χ0n) is 14.0. The zero-order valence-corrected chi connectivity index (χ0v) is 15.5. The molecule has 0 saturated carbocycles. The number of anilines is 1. The van der Waals surface area contributed by atoms with Gasteiger partial charge in [-0.1, -0.05) is 29.3 Å². The molecule has 8 heteroatoms. The van der Waals surface area contributed by atoms with Gasteiger partial charge in [0.25, 0.3) is 5.91 Å². The second kappa shape index (κ2) is 8.87. The highest BCUT2D eigenvalue weighted by Crippen LogP contribution is 2.30. The zero-order chi connectivity index (χ0) is 19.3. The van der Waals surface area contributed by atoms with Crippen molar-refractivity contribution in [2.45, 2.75) is 26.1 Å². The van der Waals surface area contributed by atoms with E-state index in [0.29, 0.717) is 5.75 Å². The van der Waals surface area contributed by atoms with Gasteiger partial charge in [-0.25, -0.2) is 9.18 Å². The van der Waals surface area contributed by atoms with E-state index in [0.717, 1.165) is 0 Å². The standard InChI is InChI=1S/C18H16Cl2FNO4/c1-10(17(23)22-16-14(19)4-3-5-15(16)20)26-18(24)11(2)25-13-8-6-12(21)7-9-13/h3-11H,1-2H3,(H,22,23)/t10-,11+/m0/s1. The maximum absolute atomic E-state index is 12.9. The molecule has 0 aliphatic rings. The summed E-state index contributed by atoms with van der Waals surface area (Å²) in [5.74, 6) is -1.46. The summed E-state index contributed by atoms with van der Waals surface area (Å²) in [5, 5.41) is 3.04. The van der Waals surface area contributed by atoms with Gasteiger partial charge in [-0.3, -0.25) is 4.79 Å². The lowest BCUT2D eigenvalue weighted by atomic mass is 10.3. The van der Waals surface area contributed by atoms with Crippen LogP contribution in [0.1, 0.15) is 13.8 Å². The summed E-state index contributed by atoms with van der Waals surface area (Å²) in [5.41, 5.74) is 0.236. The third kappa shape index (κ3) is 5.34. The Morgan fingerprint density at radius 2 is 1.58 bits per heavy atom. The lowest BCUT2D eigenvalue weighted by Crippen LogP contribution is -2.35. The first-order valence-corrected chi connectivity index (χ1v) is 8.41. The molecule has 0 bridgehead atoms. The van der Waals surface area contributed by atoms with Gasteiger partial charge in [-0.2, -0.15) is 0 Å². The summed E-state index contributed by atoms with van der Waals surface area (Å²) in [4.78, 5) is 24.2. The number of carbonyl (C=O) groups excluding carboxylic acids is 2. The van der Waals surface area contributed by atoms with Gasteiger partial charge in [-0.15, -0.1) is 0 Å². The van der Waals surface area contributed by atoms with Gasteiger partial charge in [0.2, 0.25) is 0 Å². The number of hydrogen-bond acceptors (Lipinski definition) is 4. The molecule has 26 heavy (non-hydrogen) atoms. The molecule has 0 aliphatic heterocycles.